The molecule has 1 aliphatic heterocycles. The molecule has 0 saturated heterocycles. The molecule has 1 aliphatic rings. The van der Waals surface area contributed by atoms with Gasteiger partial charge in [0.2, 0.25) is 5.91 Å². The van der Waals surface area contributed by atoms with E-state index in [4.69, 9.17) is 0 Å². The Labute approximate surface area is 101 Å². The van der Waals surface area contributed by atoms with Gasteiger partial charge in [0.05, 0.1) is 12.1 Å². The molecule has 0 unspecified atom stereocenters. The zero-order chi connectivity index (χ0) is 12.7. The molecular weight excluding hydrogens is 216 g/mol. The second-order valence-corrected chi connectivity index (χ2v) is 5.05. The van der Waals surface area contributed by atoms with Crippen LogP contribution in [0, 0.1) is 19.8 Å². The maximum absolute atomic E-state index is 11.9. The monoisotopic (exact) mass is 234 g/mol. The number of pyridine rings is 1. The van der Waals surface area contributed by atoms with Gasteiger partial charge >= 0.3 is 0 Å². The fraction of sp³-hybridized carbons (Fsp3) is 0.538. The smallest absolute Gasteiger partial charge is 0.232 e. The highest BCUT2D eigenvalue weighted by Crippen LogP contribution is 2.35. The number of hydrogen-bond acceptors (Lipinski definition) is 3. The molecule has 1 amide bonds. The number of carbonyl (C=O) groups is 1. The van der Waals surface area contributed by atoms with E-state index in [0.29, 0.717) is 24.6 Å². The minimum Gasteiger partial charge on any atom is -0.506 e. The Morgan fingerprint density at radius 2 is 2.06 bits per heavy atom. The van der Waals surface area contributed by atoms with Crippen LogP contribution >= 0.6 is 0 Å². The number of carbonyl (C=O) groups excluding carboxylic acids is 1. The van der Waals surface area contributed by atoms with Gasteiger partial charge in [-0.2, -0.15) is 0 Å². The first-order valence-corrected chi connectivity index (χ1v) is 5.91. The Kier molecular flexibility index (Phi) is 2.81. The first kappa shape index (κ1) is 11.9. The van der Waals surface area contributed by atoms with Gasteiger partial charge in [0, 0.05) is 17.7 Å². The second kappa shape index (κ2) is 4.02. The summed E-state index contributed by atoms with van der Waals surface area (Å²) in [6.07, 6.45) is 0.356. The van der Waals surface area contributed by atoms with Crippen molar-refractivity contribution >= 4 is 11.7 Å². The molecule has 2 heterocycles. The van der Waals surface area contributed by atoms with Crippen molar-refractivity contribution < 1.29 is 9.90 Å². The lowest BCUT2D eigenvalue weighted by atomic mass is 10.1. The third kappa shape index (κ3) is 1.88. The van der Waals surface area contributed by atoms with E-state index in [-0.39, 0.29) is 11.7 Å². The molecule has 0 aliphatic carbocycles. The first-order chi connectivity index (χ1) is 7.91. The minimum absolute atomic E-state index is 0.0781. The molecule has 17 heavy (non-hydrogen) atoms. The highest BCUT2D eigenvalue weighted by atomic mass is 16.3. The van der Waals surface area contributed by atoms with Gasteiger partial charge in [-0.25, -0.2) is 4.98 Å². The molecule has 1 aromatic rings. The molecular formula is C13H18N2O2. The summed E-state index contributed by atoms with van der Waals surface area (Å²) < 4.78 is 0. The van der Waals surface area contributed by atoms with Gasteiger partial charge in [0.25, 0.3) is 0 Å². The Hall–Kier alpha value is -1.58. The van der Waals surface area contributed by atoms with Gasteiger partial charge in [-0.1, -0.05) is 13.8 Å². The zero-order valence-electron chi connectivity index (χ0n) is 10.7. The molecule has 0 aromatic carbocycles. The Morgan fingerprint density at radius 1 is 1.41 bits per heavy atom. The number of amides is 1. The van der Waals surface area contributed by atoms with E-state index >= 15 is 0 Å². The second-order valence-electron chi connectivity index (χ2n) is 5.05. The molecule has 4 heteroatoms. The van der Waals surface area contributed by atoms with Crippen molar-refractivity contribution in [2.75, 3.05) is 11.4 Å². The van der Waals surface area contributed by atoms with Crippen molar-refractivity contribution in [2.24, 2.45) is 5.92 Å². The summed E-state index contributed by atoms with van der Waals surface area (Å²) in [5.74, 6) is 1.43. The largest absolute Gasteiger partial charge is 0.506 e. The van der Waals surface area contributed by atoms with Crippen LogP contribution in [0.15, 0.2) is 0 Å². The maximum Gasteiger partial charge on any atom is 0.232 e. The summed E-state index contributed by atoms with van der Waals surface area (Å²) in [6, 6.07) is 0. The third-order valence-electron chi connectivity index (χ3n) is 3.13. The highest BCUT2D eigenvalue weighted by molar-refractivity contribution is 6.01. The quantitative estimate of drug-likeness (QED) is 0.851. The van der Waals surface area contributed by atoms with Crippen molar-refractivity contribution in [1.29, 1.82) is 0 Å². The molecule has 1 N–H and O–H groups in total. The summed E-state index contributed by atoms with van der Waals surface area (Å²) in [4.78, 5) is 18.0. The summed E-state index contributed by atoms with van der Waals surface area (Å²) in [5, 5.41) is 9.83. The van der Waals surface area contributed by atoms with Gasteiger partial charge in [-0.15, -0.1) is 0 Å². The van der Waals surface area contributed by atoms with E-state index in [0.717, 1.165) is 16.9 Å². The van der Waals surface area contributed by atoms with Gasteiger partial charge < -0.3 is 5.11 Å². The van der Waals surface area contributed by atoms with E-state index in [1.54, 1.807) is 11.8 Å². The summed E-state index contributed by atoms with van der Waals surface area (Å²) in [6.45, 7) is 8.44. The van der Waals surface area contributed by atoms with Gasteiger partial charge in [0.15, 0.2) is 0 Å². The predicted molar refractivity (Wildman–Crippen MR) is 66.3 cm³/mol. The van der Waals surface area contributed by atoms with Crippen molar-refractivity contribution in [1.82, 2.24) is 4.98 Å². The number of fused-ring (bicyclic) bond motifs is 1. The molecule has 0 radical (unpaired) electrons. The zero-order valence-corrected chi connectivity index (χ0v) is 10.7. The molecule has 4 nitrogen and oxygen atoms in total. The van der Waals surface area contributed by atoms with Crippen LogP contribution < -0.4 is 4.90 Å². The SMILES string of the molecule is Cc1nc2c(c(C)c1O)CC(=O)N2CC(C)C. The Morgan fingerprint density at radius 3 is 2.65 bits per heavy atom. The molecule has 0 atom stereocenters. The summed E-state index contributed by atoms with van der Waals surface area (Å²) in [5.41, 5.74) is 2.25. The first-order valence-electron chi connectivity index (χ1n) is 5.91. The van der Waals surface area contributed by atoms with Crippen molar-refractivity contribution in [2.45, 2.75) is 34.1 Å². The highest BCUT2D eigenvalue weighted by Gasteiger charge is 2.31. The normalized spacial score (nSPS) is 14.6. The third-order valence-corrected chi connectivity index (χ3v) is 3.13. The maximum atomic E-state index is 11.9. The lowest BCUT2D eigenvalue weighted by molar-refractivity contribution is -0.117. The minimum atomic E-state index is 0.0781. The van der Waals surface area contributed by atoms with Crippen LogP contribution in [0.5, 0.6) is 5.75 Å². The van der Waals surface area contributed by atoms with E-state index < -0.39 is 0 Å². The molecule has 0 saturated carbocycles. The molecule has 0 fully saturated rings. The van der Waals surface area contributed by atoms with Gasteiger partial charge in [0.1, 0.15) is 11.6 Å². The van der Waals surface area contributed by atoms with Crippen LogP contribution in [0.25, 0.3) is 0 Å². The van der Waals surface area contributed by atoms with Gasteiger partial charge in [-0.3, -0.25) is 9.69 Å². The summed E-state index contributed by atoms with van der Waals surface area (Å²) in [7, 11) is 0. The molecule has 0 spiro atoms. The van der Waals surface area contributed by atoms with Crippen molar-refractivity contribution in [3.05, 3.63) is 16.8 Å². The van der Waals surface area contributed by atoms with Crippen LogP contribution in [0.1, 0.15) is 30.7 Å². The number of aromatic nitrogens is 1. The number of aromatic hydroxyl groups is 1. The van der Waals surface area contributed by atoms with Crippen LogP contribution in [-0.4, -0.2) is 22.5 Å². The van der Waals surface area contributed by atoms with E-state index in [9.17, 15) is 9.90 Å². The van der Waals surface area contributed by atoms with E-state index in [1.165, 1.54) is 0 Å². The average molecular weight is 234 g/mol. The van der Waals surface area contributed by atoms with Crippen LogP contribution in [0.4, 0.5) is 5.82 Å². The predicted octanol–water partition coefficient (Wildman–Crippen LogP) is 1.95. The van der Waals surface area contributed by atoms with Gasteiger partial charge in [-0.05, 0) is 19.8 Å². The lowest BCUT2D eigenvalue weighted by Crippen LogP contribution is -2.31. The van der Waals surface area contributed by atoms with Crippen LogP contribution in [0.3, 0.4) is 0 Å². The van der Waals surface area contributed by atoms with Crippen LogP contribution in [-0.2, 0) is 11.2 Å². The molecule has 0 bridgehead atoms. The van der Waals surface area contributed by atoms with Crippen molar-refractivity contribution in [3.8, 4) is 5.75 Å². The summed E-state index contributed by atoms with van der Waals surface area (Å²) >= 11 is 0. The number of rotatable bonds is 2. The number of anilines is 1. The van der Waals surface area contributed by atoms with Crippen LogP contribution in [0.2, 0.25) is 0 Å². The van der Waals surface area contributed by atoms with Crippen molar-refractivity contribution in [3.63, 3.8) is 0 Å². The van der Waals surface area contributed by atoms with E-state index in [1.807, 2.05) is 6.92 Å². The standard InChI is InChI=1S/C13H18N2O2/c1-7(2)6-15-11(16)5-10-8(3)12(17)9(4)14-13(10)15/h7,17H,5-6H2,1-4H3. The Balaban J connectivity index is 2.50. The number of hydrogen-bond donors (Lipinski definition) is 1. The molecule has 1 aromatic heterocycles. The molecule has 92 valence electrons. The molecule has 2 rings (SSSR count). The Bertz CT molecular complexity index is 481. The van der Waals surface area contributed by atoms with E-state index in [2.05, 4.69) is 18.8 Å². The topological polar surface area (TPSA) is 53.4 Å². The fourth-order valence-electron chi connectivity index (χ4n) is 2.21. The average Bonchev–Trinajstić information content (AvgIpc) is 2.53. The fourth-order valence-corrected chi connectivity index (χ4v) is 2.21. The lowest BCUT2D eigenvalue weighted by Gasteiger charge is -2.19. The number of aryl methyl sites for hydroxylation is 1. The number of nitrogens with zero attached hydrogens (tertiary/aromatic N) is 2.